The third-order valence-corrected chi connectivity index (χ3v) is 5.81. The van der Waals surface area contributed by atoms with Gasteiger partial charge in [0.2, 0.25) is 0 Å². The van der Waals surface area contributed by atoms with Crippen molar-refractivity contribution in [1.29, 1.82) is 0 Å². The first-order valence-electron chi connectivity index (χ1n) is 6.45. The lowest BCUT2D eigenvalue weighted by molar-refractivity contribution is 0.582. The minimum atomic E-state index is -3.05. The molecule has 0 aliphatic heterocycles. The summed E-state index contributed by atoms with van der Waals surface area (Å²) in [6, 6.07) is 8.85. The number of hydrogen-bond donors (Lipinski definition) is 0. The minimum absolute atomic E-state index is 0.109. The van der Waals surface area contributed by atoms with Crippen LogP contribution in [0.2, 0.25) is 0 Å². The number of hydrogen-bond acceptors (Lipinski definition) is 2. The van der Waals surface area contributed by atoms with Crippen molar-refractivity contribution in [3.05, 3.63) is 30.3 Å². The molecular weight excluding hydrogens is 232 g/mol. The largest absolute Gasteiger partial charge is 0.223 e. The first-order chi connectivity index (χ1) is 8.16. The fourth-order valence-electron chi connectivity index (χ4n) is 2.35. The van der Waals surface area contributed by atoms with Gasteiger partial charge in [0.25, 0.3) is 0 Å². The van der Waals surface area contributed by atoms with Crippen molar-refractivity contribution in [3.63, 3.8) is 0 Å². The molecule has 3 heteroatoms. The van der Waals surface area contributed by atoms with Crippen LogP contribution in [0.1, 0.15) is 39.0 Å². The Hall–Kier alpha value is -0.830. The molecule has 1 fully saturated rings. The highest BCUT2D eigenvalue weighted by Crippen LogP contribution is 2.43. The zero-order valence-corrected chi connectivity index (χ0v) is 11.1. The fourth-order valence-corrected chi connectivity index (χ4v) is 4.37. The van der Waals surface area contributed by atoms with E-state index >= 15 is 0 Å². The van der Waals surface area contributed by atoms with E-state index in [1.807, 2.05) is 6.07 Å². The van der Waals surface area contributed by atoms with Crippen LogP contribution >= 0.6 is 0 Å². The first-order valence-corrected chi connectivity index (χ1v) is 8.00. The van der Waals surface area contributed by atoms with Gasteiger partial charge in [-0.25, -0.2) is 8.42 Å². The molecule has 1 saturated carbocycles. The maximum Gasteiger partial charge on any atom is 0.181 e. The predicted molar refractivity (Wildman–Crippen MR) is 69.7 cm³/mol. The monoisotopic (exact) mass is 252 g/mol. The zero-order chi connectivity index (χ0) is 12.3. The third kappa shape index (κ3) is 2.89. The van der Waals surface area contributed by atoms with E-state index in [0.717, 1.165) is 12.8 Å². The van der Waals surface area contributed by atoms with Gasteiger partial charge >= 0.3 is 0 Å². The van der Waals surface area contributed by atoms with E-state index in [-0.39, 0.29) is 5.25 Å². The quantitative estimate of drug-likeness (QED) is 0.727. The third-order valence-electron chi connectivity index (χ3n) is 3.51. The molecule has 0 unspecified atom stereocenters. The Morgan fingerprint density at radius 1 is 1.18 bits per heavy atom. The molecule has 1 aromatic rings. The van der Waals surface area contributed by atoms with Gasteiger partial charge < -0.3 is 0 Å². The second kappa shape index (κ2) is 5.21. The van der Waals surface area contributed by atoms with Crippen molar-refractivity contribution in [2.75, 3.05) is 0 Å². The SMILES string of the molecule is CCCCC[C@H]1C[C@@H]1S(=O)(=O)c1ccccc1. The summed E-state index contributed by atoms with van der Waals surface area (Å²) >= 11 is 0. The van der Waals surface area contributed by atoms with E-state index < -0.39 is 9.84 Å². The van der Waals surface area contributed by atoms with Crippen LogP contribution in [0.15, 0.2) is 35.2 Å². The number of rotatable bonds is 6. The Labute approximate surface area is 104 Å². The summed E-state index contributed by atoms with van der Waals surface area (Å²) < 4.78 is 24.5. The highest BCUT2D eigenvalue weighted by molar-refractivity contribution is 7.92. The molecule has 2 rings (SSSR count). The lowest BCUT2D eigenvalue weighted by Crippen LogP contribution is -2.09. The van der Waals surface area contributed by atoms with Gasteiger partial charge in [0.1, 0.15) is 0 Å². The highest BCUT2D eigenvalue weighted by Gasteiger charge is 2.46. The topological polar surface area (TPSA) is 34.1 Å². The molecule has 2 nitrogen and oxygen atoms in total. The predicted octanol–water partition coefficient (Wildman–Crippen LogP) is 3.43. The number of unbranched alkanes of at least 4 members (excludes halogenated alkanes) is 2. The van der Waals surface area contributed by atoms with E-state index in [2.05, 4.69) is 6.92 Å². The molecule has 0 saturated heterocycles. The molecule has 0 heterocycles. The Kier molecular flexibility index (Phi) is 3.87. The van der Waals surface area contributed by atoms with Gasteiger partial charge in [0, 0.05) is 0 Å². The first kappa shape index (κ1) is 12.6. The normalized spacial score (nSPS) is 23.6. The van der Waals surface area contributed by atoms with Gasteiger partial charge in [-0.15, -0.1) is 0 Å². The zero-order valence-electron chi connectivity index (χ0n) is 10.3. The summed E-state index contributed by atoms with van der Waals surface area (Å²) in [6.45, 7) is 2.17. The molecule has 0 aromatic heterocycles. The molecule has 0 N–H and O–H groups in total. The summed E-state index contributed by atoms with van der Waals surface area (Å²) in [5.74, 6) is 0.409. The van der Waals surface area contributed by atoms with Crippen LogP contribution in [-0.2, 0) is 9.84 Å². The average molecular weight is 252 g/mol. The van der Waals surface area contributed by atoms with Gasteiger partial charge in [-0.05, 0) is 30.9 Å². The van der Waals surface area contributed by atoms with Crippen LogP contribution in [0, 0.1) is 5.92 Å². The molecule has 2 atom stereocenters. The summed E-state index contributed by atoms with van der Waals surface area (Å²) in [7, 11) is -3.05. The van der Waals surface area contributed by atoms with Gasteiger partial charge in [-0.2, -0.15) is 0 Å². The molecule has 1 aliphatic carbocycles. The Balaban J connectivity index is 1.96. The second-order valence-corrected chi connectivity index (χ2v) is 7.05. The van der Waals surface area contributed by atoms with Crippen LogP contribution in [0.4, 0.5) is 0 Å². The second-order valence-electron chi connectivity index (χ2n) is 4.89. The van der Waals surface area contributed by atoms with Crippen molar-refractivity contribution in [2.24, 2.45) is 5.92 Å². The van der Waals surface area contributed by atoms with E-state index in [1.54, 1.807) is 24.3 Å². The van der Waals surface area contributed by atoms with Crippen LogP contribution in [0.25, 0.3) is 0 Å². The standard InChI is InChI=1S/C14H20O2S/c1-2-3-5-8-12-11-14(12)17(15,16)13-9-6-4-7-10-13/h4,6-7,9-10,12,14H,2-3,5,8,11H2,1H3/t12-,14-/m0/s1. The lowest BCUT2D eigenvalue weighted by atomic mass is 10.1. The number of sulfone groups is 1. The van der Waals surface area contributed by atoms with Gasteiger partial charge in [-0.3, -0.25) is 0 Å². The maximum atomic E-state index is 12.2. The molecule has 0 radical (unpaired) electrons. The smallest absolute Gasteiger partial charge is 0.181 e. The maximum absolute atomic E-state index is 12.2. The lowest BCUT2D eigenvalue weighted by Gasteiger charge is -2.03. The fraction of sp³-hybridized carbons (Fsp3) is 0.571. The van der Waals surface area contributed by atoms with Crippen molar-refractivity contribution in [3.8, 4) is 0 Å². The van der Waals surface area contributed by atoms with Crippen molar-refractivity contribution in [1.82, 2.24) is 0 Å². The summed E-state index contributed by atoms with van der Waals surface area (Å²) in [5.41, 5.74) is 0. The molecule has 0 spiro atoms. The molecule has 94 valence electrons. The van der Waals surface area contributed by atoms with Crippen molar-refractivity contribution in [2.45, 2.75) is 49.2 Å². The molecule has 0 bridgehead atoms. The Morgan fingerprint density at radius 2 is 1.88 bits per heavy atom. The van der Waals surface area contributed by atoms with Crippen LogP contribution in [-0.4, -0.2) is 13.7 Å². The number of benzene rings is 1. The average Bonchev–Trinajstić information content (AvgIpc) is 3.11. The summed E-state index contributed by atoms with van der Waals surface area (Å²) in [5, 5.41) is -0.109. The molecular formula is C14H20O2S. The van der Waals surface area contributed by atoms with E-state index in [4.69, 9.17) is 0 Å². The summed E-state index contributed by atoms with van der Waals surface area (Å²) in [6.07, 6.45) is 5.52. The molecule has 1 aliphatic rings. The van der Waals surface area contributed by atoms with Gasteiger partial charge in [0.05, 0.1) is 10.1 Å². The van der Waals surface area contributed by atoms with E-state index in [1.165, 1.54) is 19.3 Å². The highest BCUT2D eigenvalue weighted by atomic mass is 32.2. The van der Waals surface area contributed by atoms with Gasteiger partial charge in [-0.1, -0.05) is 44.4 Å². The van der Waals surface area contributed by atoms with Gasteiger partial charge in [0.15, 0.2) is 9.84 Å². The minimum Gasteiger partial charge on any atom is -0.223 e. The molecule has 17 heavy (non-hydrogen) atoms. The Morgan fingerprint density at radius 3 is 2.53 bits per heavy atom. The van der Waals surface area contributed by atoms with E-state index in [0.29, 0.717) is 10.8 Å². The van der Waals surface area contributed by atoms with Crippen molar-refractivity contribution < 1.29 is 8.42 Å². The van der Waals surface area contributed by atoms with Crippen LogP contribution in [0.3, 0.4) is 0 Å². The van der Waals surface area contributed by atoms with Crippen LogP contribution in [0.5, 0.6) is 0 Å². The van der Waals surface area contributed by atoms with E-state index in [9.17, 15) is 8.42 Å². The molecule has 0 amide bonds. The molecule has 1 aromatic carbocycles. The summed E-state index contributed by atoms with van der Waals surface area (Å²) in [4.78, 5) is 0.489. The Bertz CT molecular complexity index is 450. The van der Waals surface area contributed by atoms with Crippen LogP contribution < -0.4 is 0 Å². The van der Waals surface area contributed by atoms with Crippen molar-refractivity contribution >= 4 is 9.84 Å².